The van der Waals surface area contributed by atoms with Crippen LogP contribution in [0.5, 0.6) is 0 Å². The van der Waals surface area contributed by atoms with E-state index in [1.54, 1.807) is 25.9 Å². The molecule has 0 amide bonds. The quantitative estimate of drug-likeness (QED) is 0.600. The van der Waals surface area contributed by atoms with Gasteiger partial charge in [-0.05, 0) is 6.92 Å². The first-order chi connectivity index (χ1) is 8.79. The number of aryl methyl sites for hydroxylation is 1. The molecule has 0 aromatic carbocycles. The van der Waals surface area contributed by atoms with E-state index in [0.717, 1.165) is 0 Å². The van der Waals surface area contributed by atoms with Crippen LogP contribution in [0.2, 0.25) is 0 Å². The maximum absolute atomic E-state index is 11.3. The van der Waals surface area contributed by atoms with Crippen molar-refractivity contribution in [1.82, 2.24) is 9.78 Å². The normalized spacial score (nSPS) is 12.3. The Morgan fingerprint density at radius 2 is 2.11 bits per heavy atom. The Hall–Kier alpha value is -2.10. The molecule has 0 aliphatic rings. The molecule has 1 aromatic rings. The van der Waals surface area contributed by atoms with Crippen LogP contribution < -0.4 is 4.90 Å². The summed E-state index contributed by atoms with van der Waals surface area (Å²) in [4.78, 5) is 12.6. The summed E-state index contributed by atoms with van der Waals surface area (Å²) in [6, 6.07) is 2.12. The lowest BCUT2D eigenvalue weighted by Crippen LogP contribution is -2.26. The van der Waals surface area contributed by atoms with Crippen LogP contribution in [0.3, 0.4) is 0 Å². The van der Waals surface area contributed by atoms with E-state index in [0.29, 0.717) is 18.1 Å². The summed E-state index contributed by atoms with van der Waals surface area (Å²) in [5.74, 6) is 0.208. The zero-order valence-corrected chi connectivity index (χ0v) is 11.9. The van der Waals surface area contributed by atoms with Crippen molar-refractivity contribution in [3.63, 3.8) is 0 Å². The van der Waals surface area contributed by atoms with E-state index in [1.165, 1.54) is 4.68 Å². The minimum Gasteiger partial charge on any atom is -0.353 e. The molecular formula is C12H19N5O2. The monoisotopic (exact) mass is 265 g/mol. The SMILES string of the molecule is CC(C#N)CN(C)c1c([N+](=O)[O-])c(C(C)C)nn1C. The van der Waals surface area contributed by atoms with E-state index in [2.05, 4.69) is 11.2 Å². The van der Waals surface area contributed by atoms with E-state index in [-0.39, 0.29) is 17.5 Å². The van der Waals surface area contributed by atoms with E-state index in [9.17, 15) is 10.1 Å². The van der Waals surface area contributed by atoms with Crippen molar-refractivity contribution in [1.29, 1.82) is 5.26 Å². The number of nitro groups is 1. The van der Waals surface area contributed by atoms with Crippen LogP contribution in [-0.4, -0.2) is 28.3 Å². The van der Waals surface area contributed by atoms with E-state index >= 15 is 0 Å². The van der Waals surface area contributed by atoms with Gasteiger partial charge in [-0.3, -0.25) is 10.1 Å². The number of nitriles is 1. The summed E-state index contributed by atoms with van der Waals surface area (Å²) >= 11 is 0. The highest BCUT2D eigenvalue weighted by Crippen LogP contribution is 2.34. The van der Waals surface area contributed by atoms with Gasteiger partial charge in [-0.2, -0.15) is 10.4 Å². The molecular weight excluding hydrogens is 246 g/mol. The zero-order valence-electron chi connectivity index (χ0n) is 11.9. The van der Waals surface area contributed by atoms with Gasteiger partial charge < -0.3 is 4.90 Å². The second kappa shape index (κ2) is 5.69. The van der Waals surface area contributed by atoms with Crippen molar-refractivity contribution in [2.75, 3.05) is 18.5 Å². The molecule has 1 unspecified atom stereocenters. The first-order valence-electron chi connectivity index (χ1n) is 6.11. The minimum absolute atomic E-state index is 0.0258. The van der Waals surface area contributed by atoms with Gasteiger partial charge in [0, 0.05) is 26.6 Å². The van der Waals surface area contributed by atoms with E-state index in [1.807, 2.05) is 13.8 Å². The molecule has 0 aliphatic carbocycles. The maximum atomic E-state index is 11.3. The highest BCUT2D eigenvalue weighted by Gasteiger charge is 2.30. The molecule has 0 saturated carbocycles. The molecule has 1 aromatic heterocycles. The average molecular weight is 265 g/mol. The summed E-state index contributed by atoms with van der Waals surface area (Å²) in [5.41, 5.74) is 0.504. The predicted octanol–water partition coefficient (Wildman–Crippen LogP) is 2.05. The fourth-order valence-electron chi connectivity index (χ4n) is 2.05. The van der Waals surface area contributed by atoms with Crippen LogP contribution in [0.1, 0.15) is 32.4 Å². The summed E-state index contributed by atoms with van der Waals surface area (Å²) in [7, 11) is 3.42. The molecule has 0 N–H and O–H groups in total. The lowest BCUT2D eigenvalue weighted by atomic mass is 10.1. The van der Waals surface area contributed by atoms with Gasteiger partial charge in [-0.25, -0.2) is 4.68 Å². The lowest BCUT2D eigenvalue weighted by molar-refractivity contribution is -0.385. The number of anilines is 1. The van der Waals surface area contributed by atoms with Crippen molar-refractivity contribution in [2.24, 2.45) is 13.0 Å². The van der Waals surface area contributed by atoms with Gasteiger partial charge in [0.25, 0.3) is 0 Å². The van der Waals surface area contributed by atoms with Crippen molar-refractivity contribution >= 4 is 11.5 Å². The summed E-state index contributed by atoms with van der Waals surface area (Å²) < 4.78 is 1.51. The average Bonchev–Trinajstić information content (AvgIpc) is 2.66. The fraction of sp³-hybridized carbons (Fsp3) is 0.667. The number of rotatable bonds is 5. The third-order valence-electron chi connectivity index (χ3n) is 2.88. The zero-order chi connectivity index (χ0) is 14.7. The Bertz CT molecular complexity index is 515. The van der Waals surface area contributed by atoms with Crippen molar-refractivity contribution in [2.45, 2.75) is 26.7 Å². The van der Waals surface area contributed by atoms with Gasteiger partial charge in [-0.15, -0.1) is 0 Å². The number of hydrogen-bond acceptors (Lipinski definition) is 5. The van der Waals surface area contributed by atoms with Crippen LogP contribution in [0.15, 0.2) is 0 Å². The maximum Gasteiger partial charge on any atom is 0.334 e. The molecule has 1 rings (SSSR count). The smallest absolute Gasteiger partial charge is 0.334 e. The van der Waals surface area contributed by atoms with Crippen LogP contribution in [0.4, 0.5) is 11.5 Å². The van der Waals surface area contributed by atoms with Crippen LogP contribution in [-0.2, 0) is 7.05 Å². The highest BCUT2D eigenvalue weighted by atomic mass is 16.6. The molecule has 19 heavy (non-hydrogen) atoms. The molecule has 0 radical (unpaired) electrons. The standard InChI is InChI=1S/C12H19N5O2/c1-8(2)10-11(17(18)19)12(16(5)14-10)15(4)7-9(3)6-13/h8-9H,7H2,1-5H3. The van der Waals surface area contributed by atoms with Crippen LogP contribution in [0.25, 0.3) is 0 Å². The molecule has 1 atom stereocenters. The molecule has 0 fully saturated rings. The van der Waals surface area contributed by atoms with Gasteiger partial charge in [0.15, 0.2) is 0 Å². The summed E-state index contributed by atoms with van der Waals surface area (Å²) in [5, 5.41) is 24.4. The van der Waals surface area contributed by atoms with Crippen LogP contribution >= 0.6 is 0 Å². The molecule has 0 saturated heterocycles. The van der Waals surface area contributed by atoms with E-state index in [4.69, 9.17) is 5.26 Å². The van der Waals surface area contributed by atoms with Crippen molar-refractivity contribution in [3.8, 4) is 6.07 Å². The Kier molecular flexibility index (Phi) is 4.48. The number of nitrogens with zero attached hydrogens (tertiary/aromatic N) is 5. The second-order valence-corrected chi connectivity index (χ2v) is 5.00. The third-order valence-corrected chi connectivity index (χ3v) is 2.88. The van der Waals surface area contributed by atoms with E-state index < -0.39 is 4.92 Å². The van der Waals surface area contributed by atoms with Gasteiger partial charge in [0.2, 0.25) is 5.82 Å². The Morgan fingerprint density at radius 1 is 1.53 bits per heavy atom. The summed E-state index contributed by atoms with van der Waals surface area (Å²) in [6.45, 7) is 5.95. The van der Waals surface area contributed by atoms with Crippen molar-refractivity contribution < 1.29 is 4.92 Å². The number of hydrogen-bond donors (Lipinski definition) is 0. The van der Waals surface area contributed by atoms with Crippen molar-refractivity contribution in [3.05, 3.63) is 15.8 Å². The third kappa shape index (κ3) is 3.02. The predicted molar refractivity (Wildman–Crippen MR) is 72.0 cm³/mol. The molecule has 0 aliphatic heterocycles. The number of aromatic nitrogens is 2. The molecule has 0 bridgehead atoms. The molecule has 7 heteroatoms. The van der Waals surface area contributed by atoms with Gasteiger partial charge in [0.05, 0.1) is 16.9 Å². The Labute approximate surface area is 112 Å². The molecule has 7 nitrogen and oxygen atoms in total. The van der Waals surface area contributed by atoms with Crippen LogP contribution in [0, 0.1) is 27.4 Å². The first kappa shape index (κ1) is 15.0. The largest absolute Gasteiger partial charge is 0.353 e. The Balaban J connectivity index is 3.27. The molecule has 1 heterocycles. The van der Waals surface area contributed by atoms with Gasteiger partial charge in [-0.1, -0.05) is 13.8 Å². The molecule has 104 valence electrons. The lowest BCUT2D eigenvalue weighted by Gasteiger charge is -2.19. The van der Waals surface area contributed by atoms with Gasteiger partial charge >= 0.3 is 5.69 Å². The summed E-state index contributed by atoms with van der Waals surface area (Å²) in [6.07, 6.45) is 0. The minimum atomic E-state index is -0.398. The second-order valence-electron chi connectivity index (χ2n) is 5.00. The topological polar surface area (TPSA) is 88.0 Å². The van der Waals surface area contributed by atoms with Gasteiger partial charge in [0.1, 0.15) is 5.69 Å². The molecule has 0 spiro atoms. The fourth-order valence-corrected chi connectivity index (χ4v) is 2.05. The first-order valence-corrected chi connectivity index (χ1v) is 6.11. The Morgan fingerprint density at radius 3 is 2.53 bits per heavy atom. The highest BCUT2D eigenvalue weighted by molar-refractivity contribution is 5.62.